The summed E-state index contributed by atoms with van der Waals surface area (Å²) in [4.78, 5) is 17.3. The lowest BCUT2D eigenvalue weighted by Crippen LogP contribution is -2.52. The maximum atomic E-state index is 11.3. The molecule has 4 rings (SSSR count). The molecule has 1 N–H and O–H groups in total. The van der Waals surface area contributed by atoms with Crippen molar-refractivity contribution in [3.05, 3.63) is 75.7 Å². The van der Waals surface area contributed by atoms with E-state index in [0.29, 0.717) is 17.4 Å². The minimum absolute atomic E-state index is 0.127. The lowest BCUT2D eigenvalue weighted by molar-refractivity contribution is -0.893. The van der Waals surface area contributed by atoms with Crippen LogP contribution in [0.2, 0.25) is 5.02 Å². The summed E-state index contributed by atoms with van der Waals surface area (Å²) in [6, 6.07) is 15.0. The third-order valence-electron chi connectivity index (χ3n) is 4.30. The molecular weight excluding hydrogens is 328 g/mol. The van der Waals surface area contributed by atoms with Gasteiger partial charge in [0.2, 0.25) is 12.0 Å². The molecule has 0 radical (unpaired) electrons. The van der Waals surface area contributed by atoms with Gasteiger partial charge in [-0.05, 0) is 42.5 Å². The minimum Gasteiger partial charge on any atom is -0.372 e. The Morgan fingerprint density at radius 3 is 2.67 bits per heavy atom. The average Bonchev–Trinajstić information content (AvgIpc) is 2.98. The van der Waals surface area contributed by atoms with E-state index in [0.717, 1.165) is 17.9 Å². The highest BCUT2D eigenvalue weighted by Crippen LogP contribution is 2.37. The Balaban J connectivity index is 1.46. The van der Waals surface area contributed by atoms with Gasteiger partial charge in [0.1, 0.15) is 0 Å². The number of pyridine rings is 1. The molecule has 2 aromatic heterocycles. The molecule has 0 bridgehead atoms. The Bertz CT molecular complexity index is 895. The standard InChI is InChI=1S/C18H15ClN2O3/c19-14-6-4-12(5-7-14)13-9-15(10-13)24-21-8-2-1-3-16(21)17-11-18(22)20-23-17/h1-8,11,13,15H,9-10H2/p+1. The molecule has 0 amide bonds. The van der Waals surface area contributed by atoms with Crippen LogP contribution >= 0.6 is 11.6 Å². The molecule has 0 saturated heterocycles. The second-order valence-electron chi connectivity index (χ2n) is 5.94. The van der Waals surface area contributed by atoms with E-state index in [4.69, 9.17) is 21.0 Å². The fourth-order valence-electron chi connectivity index (χ4n) is 2.94. The summed E-state index contributed by atoms with van der Waals surface area (Å²) in [5.41, 5.74) is 1.71. The minimum atomic E-state index is -0.271. The molecule has 24 heavy (non-hydrogen) atoms. The Kier molecular flexibility index (Phi) is 3.86. The highest BCUT2D eigenvalue weighted by Gasteiger charge is 2.36. The summed E-state index contributed by atoms with van der Waals surface area (Å²) in [6.07, 6.45) is 3.83. The van der Waals surface area contributed by atoms with E-state index in [-0.39, 0.29) is 11.7 Å². The first kappa shape index (κ1) is 15.0. The molecule has 1 fully saturated rings. The van der Waals surface area contributed by atoms with E-state index >= 15 is 0 Å². The third kappa shape index (κ3) is 2.95. The van der Waals surface area contributed by atoms with Crippen molar-refractivity contribution in [1.29, 1.82) is 0 Å². The number of hydrogen-bond acceptors (Lipinski definition) is 3. The van der Waals surface area contributed by atoms with Crippen LogP contribution in [0.3, 0.4) is 0 Å². The van der Waals surface area contributed by atoms with Crippen molar-refractivity contribution < 1.29 is 14.1 Å². The third-order valence-corrected chi connectivity index (χ3v) is 4.55. The SMILES string of the molecule is O=c1cc(-c2cccc[n+]2OC2CC(c3ccc(Cl)cc3)C2)o[nH]1. The number of aromatic amines is 1. The second kappa shape index (κ2) is 6.17. The Labute approximate surface area is 143 Å². The molecule has 1 saturated carbocycles. The molecule has 122 valence electrons. The van der Waals surface area contributed by atoms with Crippen LogP contribution in [0.1, 0.15) is 24.3 Å². The number of benzene rings is 1. The first-order valence-corrected chi connectivity index (χ1v) is 8.19. The van der Waals surface area contributed by atoms with E-state index in [1.54, 1.807) is 4.73 Å². The van der Waals surface area contributed by atoms with Crippen LogP contribution < -0.4 is 15.1 Å². The fraction of sp³-hybridized carbons (Fsp3) is 0.222. The predicted octanol–water partition coefficient (Wildman–Crippen LogP) is 2.95. The summed E-state index contributed by atoms with van der Waals surface area (Å²) in [7, 11) is 0. The van der Waals surface area contributed by atoms with Crippen molar-refractivity contribution in [3.63, 3.8) is 0 Å². The number of halogens is 1. The predicted molar refractivity (Wildman–Crippen MR) is 88.8 cm³/mol. The molecular formula is C18H16ClN2O3+. The Morgan fingerprint density at radius 2 is 1.96 bits per heavy atom. The van der Waals surface area contributed by atoms with Crippen molar-refractivity contribution in [2.75, 3.05) is 0 Å². The maximum absolute atomic E-state index is 11.3. The van der Waals surface area contributed by atoms with E-state index < -0.39 is 0 Å². The monoisotopic (exact) mass is 343 g/mol. The summed E-state index contributed by atoms with van der Waals surface area (Å²) < 4.78 is 6.84. The van der Waals surface area contributed by atoms with Crippen molar-refractivity contribution in [2.45, 2.75) is 24.9 Å². The Hall–Kier alpha value is -2.53. The van der Waals surface area contributed by atoms with Gasteiger partial charge < -0.3 is 4.52 Å². The molecule has 6 heteroatoms. The quantitative estimate of drug-likeness (QED) is 0.741. The van der Waals surface area contributed by atoms with Gasteiger partial charge in [-0.2, -0.15) is 5.16 Å². The van der Waals surface area contributed by atoms with Gasteiger partial charge in [-0.1, -0.05) is 23.7 Å². The van der Waals surface area contributed by atoms with Crippen molar-refractivity contribution in [3.8, 4) is 11.5 Å². The number of H-pyrrole nitrogens is 1. The molecule has 3 aromatic rings. The largest absolute Gasteiger partial charge is 0.372 e. The van der Waals surface area contributed by atoms with Crippen molar-refractivity contribution in [2.24, 2.45) is 0 Å². The van der Waals surface area contributed by atoms with Gasteiger partial charge in [0.25, 0.3) is 5.56 Å². The molecule has 0 atom stereocenters. The Morgan fingerprint density at radius 1 is 1.17 bits per heavy atom. The van der Waals surface area contributed by atoms with Crippen LogP contribution in [0.15, 0.2) is 64.0 Å². The maximum Gasteiger partial charge on any atom is 0.302 e. The highest BCUT2D eigenvalue weighted by atomic mass is 35.5. The van der Waals surface area contributed by atoms with Gasteiger partial charge in [0, 0.05) is 21.9 Å². The average molecular weight is 344 g/mol. The topological polar surface area (TPSA) is 59.1 Å². The zero-order chi connectivity index (χ0) is 16.5. The number of rotatable bonds is 4. The molecule has 1 aliphatic carbocycles. The van der Waals surface area contributed by atoms with Gasteiger partial charge in [0.05, 0.1) is 6.07 Å². The number of nitrogens with one attached hydrogen (secondary N) is 1. The van der Waals surface area contributed by atoms with E-state index in [1.165, 1.54) is 11.6 Å². The van der Waals surface area contributed by atoms with Crippen molar-refractivity contribution >= 4 is 11.6 Å². The summed E-state index contributed by atoms with van der Waals surface area (Å²) in [6.45, 7) is 0. The van der Waals surface area contributed by atoms with Crippen LogP contribution in [-0.4, -0.2) is 11.3 Å². The van der Waals surface area contributed by atoms with Crippen molar-refractivity contribution in [1.82, 2.24) is 5.16 Å². The first-order chi connectivity index (χ1) is 11.7. The molecule has 0 aliphatic heterocycles. The van der Waals surface area contributed by atoms with E-state index in [9.17, 15) is 4.79 Å². The zero-order valence-electron chi connectivity index (χ0n) is 12.8. The lowest BCUT2D eigenvalue weighted by atomic mass is 9.78. The van der Waals surface area contributed by atoms with Gasteiger partial charge in [-0.15, -0.1) is 0 Å². The van der Waals surface area contributed by atoms with Crippen LogP contribution in [0, 0.1) is 0 Å². The summed E-state index contributed by atoms with van der Waals surface area (Å²) in [5.74, 6) is 0.944. The smallest absolute Gasteiger partial charge is 0.302 e. The van der Waals surface area contributed by atoms with Crippen LogP contribution in [0.4, 0.5) is 0 Å². The van der Waals surface area contributed by atoms with Gasteiger partial charge >= 0.3 is 5.69 Å². The van der Waals surface area contributed by atoms with Crippen LogP contribution in [0.5, 0.6) is 0 Å². The summed E-state index contributed by atoms with van der Waals surface area (Å²) >= 11 is 5.93. The molecule has 1 aromatic carbocycles. The van der Waals surface area contributed by atoms with E-state index in [1.807, 2.05) is 36.5 Å². The van der Waals surface area contributed by atoms with Gasteiger partial charge in [-0.25, -0.2) is 0 Å². The number of nitrogens with zero attached hydrogens (tertiary/aromatic N) is 1. The molecule has 2 heterocycles. The van der Waals surface area contributed by atoms with Gasteiger partial charge in [0.15, 0.2) is 6.10 Å². The van der Waals surface area contributed by atoms with E-state index in [2.05, 4.69) is 17.3 Å². The fourth-order valence-corrected chi connectivity index (χ4v) is 3.07. The first-order valence-electron chi connectivity index (χ1n) is 7.81. The molecule has 1 aliphatic rings. The molecule has 0 spiro atoms. The highest BCUT2D eigenvalue weighted by molar-refractivity contribution is 6.30. The van der Waals surface area contributed by atoms with Gasteiger partial charge in [-0.3, -0.25) is 9.63 Å². The molecule has 0 unspecified atom stereocenters. The molecule has 5 nitrogen and oxygen atoms in total. The van der Waals surface area contributed by atoms with Crippen LogP contribution in [-0.2, 0) is 0 Å². The number of aromatic nitrogens is 2. The lowest BCUT2D eigenvalue weighted by Gasteiger charge is -2.32. The summed E-state index contributed by atoms with van der Waals surface area (Å²) in [5, 5.41) is 3.05. The zero-order valence-corrected chi connectivity index (χ0v) is 13.6. The van der Waals surface area contributed by atoms with Crippen LogP contribution in [0.25, 0.3) is 11.5 Å². The second-order valence-corrected chi connectivity index (χ2v) is 6.37. The normalized spacial score (nSPS) is 19.7. The number of hydrogen-bond donors (Lipinski definition) is 1.